The minimum Gasteiger partial charge on any atom is -0.477 e. The van der Waals surface area contributed by atoms with Crippen LogP contribution in [0, 0.1) is 11.6 Å². The summed E-state index contributed by atoms with van der Waals surface area (Å²) in [5, 5.41) is 11.5. The fourth-order valence-electron chi connectivity index (χ4n) is 3.31. The van der Waals surface area contributed by atoms with Gasteiger partial charge in [-0.15, -0.1) is 0 Å². The van der Waals surface area contributed by atoms with Gasteiger partial charge >= 0.3 is 12.1 Å². The summed E-state index contributed by atoms with van der Waals surface area (Å²) in [6.45, 7) is 1.92. The molecule has 10 heteroatoms. The normalized spacial score (nSPS) is 11.7. The molecule has 0 bridgehead atoms. The number of unbranched alkanes of at least 4 members (excludes halogenated alkanes) is 1. The largest absolute Gasteiger partial charge is 0.477 e. The first-order chi connectivity index (χ1) is 15.0. The van der Waals surface area contributed by atoms with Gasteiger partial charge in [-0.2, -0.15) is 13.2 Å². The van der Waals surface area contributed by atoms with Gasteiger partial charge in [-0.1, -0.05) is 25.5 Å². The van der Waals surface area contributed by atoms with Gasteiger partial charge in [0.05, 0.1) is 16.5 Å². The third-order valence-electron chi connectivity index (χ3n) is 4.95. The van der Waals surface area contributed by atoms with E-state index in [1.165, 1.54) is 0 Å². The second kappa shape index (κ2) is 8.97. The molecule has 5 nitrogen and oxygen atoms in total. The maximum absolute atomic E-state index is 15.3. The average Bonchev–Trinajstić information content (AvgIpc) is 2.72. The van der Waals surface area contributed by atoms with Crippen molar-refractivity contribution >= 4 is 22.6 Å². The van der Waals surface area contributed by atoms with Gasteiger partial charge in [0.25, 0.3) is 0 Å². The van der Waals surface area contributed by atoms with Gasteiger partial charge in [0, 0.05) is 19.3 Å². The predicted molar refractivity (Wildman–Crippen MR) is 109 cm³/mol. The summed E-state index contributed by atoms with van der Waals surface area (Å²) in [6, 6.07) is 4.77. The first kappa shape index (κ1) is 23.2. The van der Waals surface area contributed by atoms with Crippen molar-refractivity contribution in [2.75, 3.05) is 11.9 Å². The minimum atomic E-state index is -4.54. The van der Waals surface area contributed by atoms with E-state index in [0.717, 1.165) is 47.5 Å². The Morgan fingerprint density at radius 1 is 1.16 bits per heavy atom. The number of pyridine rings is 1. The number of nitrogens with one attached hydrogen (secondary N) is 1. The second-order valence-electron chi connectivity index (χ2n) is 7.22. The van der Waals surface area contributed by atoms with E-state index in [0.29, 0.717) is 12.0 Å². The highest BCUT2D eigenvalue weighted by Gasteiger charge is 2.30. The molecule has 2 aromatic carbocycles. The molecular weight excluding hydrogens is 435 g/mol. The Labute approximate surface area is 179 Å². The van der Waals surface area contributed by atoms with E-state index in [4.69, 9.17) is 0 Å². The number of benzene rings is 2. The van der Waals surface area contributed by atoms with Gasteiger partial charge in [-0.3, -0.25) is 4.79 Å². The minimum absolute atomic E-state index is 0.244. The standard InChI is InChI=1S/C22H19F5N2O3/c1-2-3-8-28-18-16(23)9-14-19(17(18)24)29(11-15(20(14)30)21(31)32)10-12-4-6-13(7-5-12)22(25,26)27/h4-7,9,11,28H,2-3,8,10H2,1H3,(H,31,32). The summed E-state index contributed by atoms with van der Waals surface area (Å²) in [5.41, 5.74) is -3.17. The lowest BCUT2D eigenvalue weighted by Gasteiger charge is -2.17. The molecule has 3 rings (SSSR count). The van der Waals surface area contributed by atoms with Crippen LogP contribution in [0.15, 0.2) is 41.3 Å². The van der Waals surface area contributed by atoms with Crippen molar-refractivity contribution in [3.8, 4) is 0 Å². The third kappa shape index (κ3) is 4.58. The van der Waals surface area contributed by atoms with Crippen molar-refractivity contribution < 1.29 is 31.9 Å². The van der Waals surface area contributed by atoms with Crippen LogP contribution in [0.1, 0.15) is 41.3 Å². The zero-order valence-corrected chi connectivity index (χ0v) is 16.9. The maximum atomic E-state index is 15.3. The highest BCUT2D eigenvalue weighted by Crippen LogP contribution is 2.30. The molecule has 0 aliphatic carbocycles. The van der Waals surface area contributed by atoms with Crippen LogP contribution in [0.4, 0.5) is 27.6 Å². The Kier molecular flexibility index (Phi) is 6.52. The zero-order chi connectivity index (χ0) is 23.6. The number of fused-ring (bicyclic) bond motifs is 1. The van der Waals surface area contributed by atoms with Crippen LogP contribution in [0.25, 0.3) is 10.9 Å². The lowest BCUT2D eigenvalue weighted by Crippen LogP contribution is -2.21. The predicted octanol–water partition coefficient (Wildman–Crippen LogP) is 5.26. The number of aromatic carboxylic acids is 1. The number of carboxylic acid groups (broad SMARTS) is 1. The molecule has 0 unspecified atom stereocenters. The molecule has 3 aromatic rings. The Morgan fingerprint density at radius 2 is 1.81 bits per heavy atom. The molecule has 0 spiro atoms. The van der Waals surface area contributed by atoms with Crippen LogP contribution in [-0.2, 0) is 12.7 Å². The van der Waals surface area contributed by atoms with E-state index in [1.807, 2.05) is 6.92 Å². The van der Waals surface area contributed by atoms with Crippen molar-refractivity contribution in [1.82, 2.24) is 4.57 Å². The van der Waals surface area contributed by atoms with Crippen molar-refractivity contribution in [3.63, 3.8) is 0 Å². The lowest BCUT2D eigenvalue weighted by atomic mass is 10.1. The zero-order valence-electron chi connectivity index (χ0n) is 16.9. The van der Waals surface area contributed by atoms with Crippen LogP contribution < -0.4 is 10.7 Å². The summed E-state index contributed by atoms with van der Waals surface area (Å²) in [7, 11) is 0. The molecule has 0 amide bonds. The van der Waals surface area contributed by atoms with Crippen molar-refractivity contribution in [2.24, 2.45) is 0 Å². The molecule has 1 aromatic heterocycles. The first-order valence-electron chi connectivity index (χ1n) is 9.73. The molecule has 170 valence electrons. The number of nitrogens with zero attached hydrogens (tertiary/aromatic N) is 1. The summed E-state index contributed by atoms with van der Waals surface area (Å²) < 4.78 is 69.3. The second-order valence-corrected chi connectivity index (χ2v) is 7.22. The Morgan fingerprint density at radius 3 is 2.38 bits per heavy atom. The molecule has 2 N–H and O–H groups in total. The van der Waals surface area contributed by atoms with Crippen LogP contribution in [0.2, 0.25) is 0 Å². The molecular formula is C22H19F5N2O3. The van der Waals surface area contributed by atoms with Crippen molar-refractivity contribution in [2.45, 2.75) is 32.5 Å². The maximum Gasteiger partial charge on any atom is 0.416 e. The molecule has 0 fully saturated rings. The quantitative estimate of drug-likeness (QED) is 0.378. The van der Waals surface area contributed by atoms with Gasteiger partial charge < -0.3 is 15.0 Å². The molecule has 0 saturated heterocycles. The van der Waals surface area contributed by atoms with Crippen molar-refractivity contribution in [3.05, 3.63) is 75.1 Å². The van der Waals surface area contributed by atoms with E-state index in [9.17, 15) is 32.3 Å². The highest BCUT2D eigenvalue weighted by atomic mass is 19.4. The van der Waals surface area contributed by atoms with E-state index in [2.05, 4.69) is 5.32 Å². The Balaban J connectivity index is 2.18. The van der Waals surface area contributed by atoms with Crippen LogP contribution >= 0.6 is 0 Å². The molecule has 0 saturated carbocycles. The Hall–Kier alpha value is -3.43. The molecule has 32 heavy (non-hydrogen) atoms. The van der Waals surface area contributed by atoms with E-state index in [1.54, 1.807) is 0 Å². The van der Waals surface area contributed by atoms with Gasteiger partial charge in [-0.05, 0) is 30.2 Å². The number of rotatable bonds is 7. The monoisotopic (exact) mass is 454 g/mol. The lowest BCUT2D eigenvalue weighted by molar-refractivity contribution is -0.137. The summed E-state index contributed by atoms with van der Waals surface area (Å²) in [6.07, 6.45) is -2.24. The van der Waals surface area contributed by atoms with Gasteiger partial charge in [0.15, 0.2) is 5.82 Å². The SMILES string of the molecule is CCCCNc1c(F)cc2c(=O)c(C(=O)O)cn(Cc3ccc(C(F)(F)F)cc3)c2c1F. The summed E-state index contributed by atoms with van der Waals surface area (Å²) in [4.78, 5) is 24.0. The van der Waals surface area contributed by atoms with Gasteiger partial charge in [0.1, 0.15) is 17.1 Å². The van der Waals surface area contributed by atoms with E-state index >= 15 is 4.39 Å². The van der Waals surface area contributed by atoms with Gasteiger partial charge in [0.2, 0.25) is 5.43 Å². The number of carbonyl (C=O) groups is 1. The smallest absolute Gasteiger partial charge is 0.416 e. The number of halogens is 5. The van der Waals surface area contributed by atoms with E-state index in [-0.39, 0.29) is 18.6 Å². The molecule has 0 aliphatic heterocycles. The number of anilines is 1. The number of carboxylic acids is 1. The van der Waals surface area contributed by atoms with Crippen molar-refractivity contribution in [1.29, 1.82) is 0 Å². The topological polar surface area (TPSA) is 71.3 Å². The molecule has 0 radical (unpaired) electrons. The third-order valence-corrected chi connectivity index (χ3v) is 4.95. The van der Waals surface area contributed by atoms with E-state index < -0.39 is 51.4 Å². The van der Waals surface area contributed by atoms with Crippen LogP contribution in [0.5, 0.6) is 0 Å². The number of aromatic nitrogens is 1. The summed E-state index contributed by atoms with van der Waals surface area (Å²) >= 11 is 0. The number of alkyl halides is 3. The summed E-state index contributed by atoms with van der Waals surface area (Å²) in [5.74, 6) is -3.73. The van der Waals surface area contributed by atoms with Crippen LogP contribution in [-0.4, -0.2) is 22.2 Å². The van der Waals surface area contributed by atoms with Gasteiger partial charge in [-0.25, -0.2) is 13.6 Å². The number of hydrogen-bond acceptors (Lipinski definition) is 3. The highest BCUT2D eigenvalue weighted by molar-refractivity contribution is 5.93. The molecule has 1 heterocycles. The molecule has 0 aliphatic rings. The Bertz CT molecular complexity index is 1220. The first-order valence-corrected chi connectivity index (χ1v) is 9.73. The molecule has 0 atom stereocenters. The fraction of sp³-hybridized carbons (Fsp3) is 0.273. The van der Waals surface area contributed by atoms with Crippen LogP contribution in [0.3, 0.4) is 0 Å². The fourth-order valence-corrected chi connectivity index (χ4v) is 3.31. The average molecular weight is 454 g/mol. The number of hydrogen-bond donors (Lipinski definition) is 2.